The lowest BCUT2D eigenvalue weighted by molar-refractivity contribution is 0.396. The topological polar surface area (TPSA) is 78.9 Å². The van der Waals surface area contributed by atoms with Gasteiger partial charge < -0.3 is 5.32 Å². The van der Waals surface area contributed by atoms with Crippen molar-refractivity contribution >= 4 is 11.5 Å². The van der Waals surface area contributed by atoms with E-state index >= 15 is 0 Å². The van der Waals surface area contributed by atoms with Crippen LogP contribution in [0.2, 0.25) is 0 Å². The number of rotatable bonds is 3. The van der Waals surface area contributed by atoms with Crippen LogP contribution >= 0.6 is 0 Å². The number of pyridine rings is 2. The molecule has 0 amide bonds. The fraction of sp³-hybridized carbons (Fsp3) is 0.368. The van der Waals surface area contributed by atoms with E-state index in [1.807, 2.05) is 37.4 Å². The molecule has 1 N–H and O–H groups in total. The van der Waals surface area contributed by atoms with E-state index in [1.54, 1.807) is 6.20 Å². The SMILES string of the molecule is Cc1cc(N[C@@H]2CCC[C@H](c3nnc4ccccn34)C2)ncc1C#N. The quantitative estimate of drug-likeness (QED) is 0.795. The fourth-order valence-electron chi connectivity index (χ4n) is 3.65. The van der Waals surface area contributed by atoms with Crippen LogP contribution in [0.15, 0.2) is 36.7 Å². The van der Waals surface area contributed by atoms with Crippen molar-refractivity contribution < 1.29 is 0 Å². The monoisotopic (exact) mass is 332 g/mol. The standard InChI is InChI=1S/C19H20N6/c1-13-9-17(21-12-15(13)11-20)22-16-6-4-5-14(10-16)19-24-23-18-7-2-3-8-25(18)19/h2-3,7-9,12,14,16H,4-6,10H2,1H3,(H,21,22)/t14-,16+/m0/s1. The molecule has 0 unspecified atom stereocenters. The summed E-state index contributed by atoms with van der Waals surface area (Å²) in [7, 11) is 0. The summed E-state index contributed by atoms with van der Waals surface area (Å²) >= 11 is 0. The highest BCUT2D eigenvalue weighted by Crippen LogP contribution is 2.33. The van der Waals surface area contributed by atoms with Gasteiger partial charge in [-0.1, -0.05) is 12.5 Å². The fourth-order valence-corrected chi connectivity index (χ4v) is 3.65. The lowest BCUT2D eigenvalue weighted by Gasteiger charge is -2.29. The van der Waals surface area contributed by atoms with Crippen molar-refractivity contribution in [1.82, 2.24) is 19.6 Å². The zero-order valence-corrected chi connectivity index (χ0v) is 14.2. The van der Waals surface area contributed by atoms with Crippen LogP contribution in [0.4, 0.5) is 5.82 Å². The molecule has 1 fully saturated rings. The summed E-state index contributed by atoms with van der Waals surface area (Å²) in [6, 6.07) is 10.5. The van der Waals surface area contributed by atoms with Crippen molar-refractivity contribution in [3.63, 3.8) is 0 Å². The van der Waals surface area contributed by atoms with Gasteiger partial charge in [-0.2, -0.15) is 5.26 Å². The molecule has 6 heteroatoms. The van der Waals surface area contributed by atoms with Gasteiger partial charge in [-0.3, -0.25) is 4.40 Å². The predicted octanol–water partition coefficient (Wildman–Crippen LogP) is 3.44. The second-order valence-corrected chi connectivity index (χ2v) is 6.69. The zero-order chi connectivity index (χ0) is 17.2. The van der Waals surface area contributed by atoms with Crippen molar-refractivity contribution in [2.45, 2.75) is 44.6 Å². The molecular weight excluding hydrogens is 312 g/mol. The molecule has 126 valence electrons. The summed E-state index contributed by atoms with van der Waals surface area (Å²) in [6.07, 6.45) is 8.09. The average molecular weight is 332 g/mol. The van der Waals surface area contributed by atoms with Crippen molar-refractivity contribution in [3.05, 3.63) is 53.6 Å². The van der Waals surface area contributed by atoms with E-state index in [2.05, 4.69) is 31.0 Å². The molecule has 3 aromatic heterocycles. The summed E-state index contributed by atoms with van der Waals surface area (Å²) in [5.41, 5.74) is 2.48. The number of anilines is 1. The maximum absolute atomic E-state index is 9.03. The largest absolute Gasteiger partial charge is 0.367 e. The van der Waals surface area contributed by atoms with Crippen LogP contribution in [-0.2, 0) is 0 Å². The smallest absolute Gasteiger partial charge is 0.160 e. The van der Waals surface area contributed by atoms with Crippen LogP contribution < -0.4 is 5.32 Å². The third-order valence-corrected chi connectivity index (χ3v) is 4.96. The molecule has 6 nitrogen and oxygen atoms in total. The Hall–Kier alpha value is -2.94. The van der Waals surface area contributed by atoms with E-state index in [0.717, 1.165) is 48.5 Å². The number of nitriles is 1. The van der Waals surface area contributed by atoms with Gasteiger partial charge in [-0.25, -0.2) is 4.98 Å². The molecular formula is C19H20N6. The molecule has 0 aliphatic heterocycles. The van der Waals surface area contributed by atoms with Crippen molar-refractivity contribution in [2.24, 2.45) is 0 Å². The number of aryl methyl sites for hydroxylation is 1. The lowest BCUT2D eigenvalue weighted by atomic mass is 9.85. The van der Waals surface area contributed by atoms with Gasteiger partial charge in [0.15, 0.2) is 5.65 Å². The Morgan fingerprint density at radius 2 is 2.20 bits per heavy atom. The van der Waals surface area contributed by atoms with Crippen LogP contribution in [0.3, 0.4) is 0 Å². The molecule has 25 heavy (non-hydrogen) atoms. The maximum atomic E-state index is 9.03. The third kappa shape index (κ3) is 3.05. The van der Waals surface area contributed by atoms with Gasteiger partial charge in [0.1, 0.15) is 17.7 Å². The summed E-state index contributed by atoms with van der Waals surface area (Å²) in [5, 5.41) is 21.3. The highest BCUT2D eigenvalue weighted by atomic mass is 15.2. The van der Waals surface area contributed by atoms with Gasteiger partial charge in [-0.05, 0) is 49.9 Å². The second-order valence-electron chi connectivity index (χ2n) is 6.69. The zero-order valence-electron chi connectivity index (χ0n) is 14.2. The summed E-state index contributed by atoms with van der Waals surface area (Å²) in [5.74, 6) is 2.28. The van der Waals surface area contributed by atoms with E-state index in [4.69, 9.17) is 5.26 Å². The first-order chi connectivity index (χ1) is 12.2. The molecule has 1 saturated carbocycles. The summed E-state index contributed by atoms with van der Waals surface area (Å²) in [4.78, 5) is 4.38. The molecule has 2 atom stereocenters. The number of fused-ring (bicyclic) bond motifs is 1. The molecule has 3 heterocycles. The van der Waals surface area contributed by atoms with Gasteiger partial charge in [0.25, 0.3) is 0 Å². The van der Waals surface area contributed by atoms with E-state index in [0.29, 0.717) is 17.5 Å². The normalized spacial score (nSPS) is 20.3. The second kappa shape index (κ2) is 6.52. The number of hydrogen-bond donors (Lipinski definition) is 1. The van der Waals surface area contributed by atoms with Crippen LogP contribution in [0.5, 0.6) is 0 Å². The first kappa shape index (κ1) is 15.6. The molecule has 1 aliphatic rings. The summed E-state index contributed by atoms with van der Waals surface area (Å²) in [6.45, 7) is 1.94. The Labute approximate surface area is 146 Å². The number of hydrogen-bond acceptors (Lipinski definition) is 5. The van der Waals surface area contributed by atoms with E-state index in [-0.39, 0.29) is 0 Å². The lowest BCUT2D eigenvalue weighted by Crippen LogP contribution is -2.27. The molecule has 4 rings (SSSR count). The van der Waals surface area contributed by atoms with Crippen LogP contribution in [-0.4, -0.2) is 25.6 Å². The van der Waals surface area contributed by atoms with Gasteiger partial charge in [0, 0.05) is 24.4 Å². The van der Waals surface area contributed by atoms with Crippen molar-refractivity contribution in [3.8, 4) is 6.07 Å². The molecule has 0 saturated heterocycles. The number of aromatic nitrogens is 4. The first-order valence-corrected chi connectivity index (χ1v) is 8.67. The minimum Gasteiger partial charge on any atom is -0.367 e. The molecule has 0 spiro atoms. The van der Waals surface area contributed by atoms with Crippen LogP contribution in [0, 0.1) is 18.3 Å². The number of nitrogens with zero attached hydrogens (tertiary/aromatic N) is 5. The Bertz CT molecular complexity index is 938. The molecule has 3 aromatic rings. The Kier molecular flexibility index (Phi) is 4.06. The van der Waals surface area contributed by atoms with E-state index in [9.17, 15) is 0 Å². The predicted molar refractivity (Wildman–Crippen MR) is 95.3 cm³/mol. The van der Waals surface area contributed by atoms with Gasteiger partial charge >= 0.3 is 0 Å². The maximum Gasteiger partial charge on any atom is 0.160 e. The molecule has 0 radical (unpaired) electrons. The minimum absolute atomic E-state index is 0.356. The highest BCUT2D eigenvalue weighted by Gasteiger charge is 2.26. The third-order valence-electron chi connectivity index (χ3n) is 4.96. The molecule has 0 bridgehead atoms. The molecule has 1 aliphatic carbocycles. The number of nitrogens with one attached hydrogen (secondary N) is 1. The molecule has 0 aromatic carbocycles. The van der Waals surface area contributed by atoms with Crippen molar-refractivity contribution in [1.29, 1.82) is 5.26 Å². The Morgan fingerprint density at radius 3 is 3.04 bits per heavy atom. The Balaban J connectivity index is 1.51. The highest BCUT2D eigenvalue weighted by molar-refractivity contribution is 5.45. The van der Waals surface area contributed by atoms with E-state index < -0.39 is 0 Å². The first-order valence-electron chi connectivity index (χ1n) is 8.67. The summed E-state index contributed by atoms with van der Waals surface area (Å²) < 4.78 is 2.09. The van der Waals surface area contributed by atoms with Crippen LogP contribution in [0.1, 0.15) is 48.6 Å². The average Bonchev–Trinajstić information content (AvgIpc) is 3.06. The Morgan fingerprint density at radius 1 is 1.28 bits per heavy atom. The van der Waals surface area contributed by atoms with Crippen LogP contribution in [0.25, 0.3) is 5.65 Å². The van der Waals surface area contributed by atoms with Gasteiger partial charge in [-0.15, -0.1) is 10.2 Å². The van der Waals surface area contributed by atoms with Gasteiger partial charge in [0.05, 0.1) is 5.56 Å². The van der Waals surface area contributed by atoms with Crippen molar-refractivity contribution in [2.75, 3.05) is 5.32 Å². The minimum atomic E-state index is 0.356. The van der Waals surface area contributed by atoms with E-state index in [1.165, 1.54) is 0 Å². The van der Waals surface area contributed by atoms with Gasteiger partial charge in [0.2, 0.25) is 0 Å².